The molecule has 2 rings (SSSR count). The van der Waals surface area contributed by atoms with Crippen molar-refractivity contribution in [3.63, 3.8) is 0 Å². The predicted molar refractivity (Wildman–Crippen MR) is 73.1 cm³/mol. The van der Waals surface area contributed by atoms with Gasteiger partial charge >= 0.3 is 5.97 Å². The van der Waals surface area contributed by atoms with E-state index in [-0.39, 0.29) is 12.1 Å². The molecule has 1 fully saturated rings. The van der Waals surface area contributed by atoms with E-state index in [1.54, 1.807) is 0 Å². The van der Waals surface area contributed by atoms with Crippen LogP contribution in [0.15, 0.2) is 24.3 Å². The van der Waals surface area contributed by atoms with Crippen molar-refractivity contribution >= 4 is 5.97 Å². The molecular formula is C15H21NO3. The summed E-state index contributed by atoms with van der Waals surface area (Å²) in [5, 5.41) is 0. The molecule has 1 aliphatic rings. The Labute approximate surface area is 114 Å². The Morgan fingerprint density at radius 3 is 2.89 bits per heavy atom. The first-order valence-corrected chi connectivity index (χ1v) is 6.63. The molecule has 4 heteroatoms. The van der Waals surface area contributed by atoms with Gasteiger partial charge in [-0.25, -0.2) is 4.79 Å². The smallest absolute Gasteiger partial charge is 0.338 e. The Kier molecular flexibility index (Phi) is 4.56. The molecule has 0 bridgehead atoms. The highest BCUT2D eigenvalue weighted by Gasteiger charge is 2.24. The molecule has 1 saturated heterocycles. The second kappa shape index (κ2) is 6.17. The number of hydrogen-bond donors (Lipinski definition) is 0. The Bertz CT molecular complexity index is 447. The van der Waals surface area contributed by atoms with Crippen molar-refractivity contribution in [3.05, 3.63) is 35.4 Å². The fourth-order valence-corrected chi connectivity index (χ4v) is 2.38. The Morgan fingerprint density at radius 1 is 1.42 bits per heavy atom. The SMILES string of the molecule is COC(=O)c1ccccc1CN1CC(C)OCC1C. The maximum absolute atomic E-state index is 11.8. The first-order valence-electron chi connectivity index (χ1n) is 6.63. The topological polar surface area (TPSA) is 38.8 Å². The number of methoxy groups -OCH3 is 1. The molecule has 104 valence electrons. The van der Waals surface area contributed by atoms with E-state index in [1.807, 2.05) is 24.3 Å². The zero-order valence-electron chi connectivity index (χ0n) is 11.8. The molecular weight excluding hydrogens is 242 g/mol. The van der Waals surface area contributed by atoms with Crippen LogP contribution in [-0.2, 0) is 16.0 Å². The summed E-state index contributed by atoms with van der Waals surface area (Å²) in [6, 6.07) is 7.98. The van der Waals surface area contributed by atoms with Crippen LogP contribution in [0.25, 0.3) is 0 Å². The highest BCUT2D eigenvalue weighted by atomic mass is 16.5. The lowest BCUT2D eigenvalue weighted by Gasteiger charge is -2.37. The van der Waals surface area contributed by atoms with E-state index in [1.165, 1.54) is 7.11 Å². The molecule has 0 aromatic heterocycles. The molecule has 0 radical (unpaired) electrons. The molecule has 0 amide bonds. The van der Waals surface area contributed by atoms with E-state index < -0.39 is 0 Å². The largest absolute Gasteiger partial charge is 0.465 e. The molecule has 0 N–H and O–H groups in total. The highest BCUT2D eigenvalue weighted by molar-refractivity contribution is 5.90. The summed E-state index contributed by atoms with van der Waals surface area (Å²) >= 11 is 0. The number of nitrogens with zero attached hydrogens (tertiary/aromatic N) is 1. The van der Waals surface area contributed by atoms with Crippen LogP contribution in [0.1, 0.15) is 29.8 Å². The van der Waals surface area contributed by atoms with E-state index >= 15 is 0 Å². The minimum atomic E-state index is -0.274. The van der Waals surface area contributed by atoms with Gasteiger partial charge in [0.25, 0.3) is 0 Å². The minimum Gasteiger partial charge on any atom is -0.465 e. The molecule has 1 aromatic rings. The first kappa shape index (κ1) is 14.0. The molecule has 0 aliphatic carbocycles. The average molecular weight is 263 g/mol. The number of rotatable bonds is 3. The Morgan fingerprint density at radius 2 is 2.16 bits per heavy atom. The van der Waals surface area contributed by atoms with Crippen LogP contribution >= 0.6 is 0 Å². The summed E-state index contributed by atoms with van der Waals surface area (Å²) in [5.74, 6) is -0.274. The lowest BCUT2D eigenvalue weighted by Crippen LogP contribution is -2.46. The monoisotopic (exact) mass is 263 g/mol. The second-order valence-corrected chi connectivity index (χ2v) is 5.07. The van der Waals surface area contributed by atoms with E-state index in [9.17, 15) is 4.79 Å². The predicted octanol–water partition coefficient (Wildman–Crippen LogP) is 2.08. The van der Waals surface area contributed by atoms with Crippen molar-refractivity contribution in [2.24, 2.45) is 0 Å². The third-order valence-corrected chi connectivity index (χ3v) is 3.53. The molecule has 2 atom stereocenters. The van der Waals surface area contributed by atoms with Crippen molar-refractivity contribution in [2.75, 3.05) is 20.3 Å². The molecule has 4 nitrogen and oxygen atoms in total. The summed E-state index contributed by atoms with van der Waals surface area (Å²) in [6.45, 7) is 6.59. The molecule has 1 aromatic carbocycles. The maximum atomic E-state index is 11.8. The number of esters is 1. The van der Waals surface area contributed by atoms with Gasteiger partial charge in [0.1, 0.15) is 0 Å². The second-order valence-electron chi connectivity index (χ2n) is 5.07. The fourth-order valence-electron chi connectivity index (χ4n) is 2.38. The summed E-state index contributed by atoms with van der Waals surface area (Å²) in [6.07, 6.45) is 0.237. The van der Waals surface area contributed by atoms with Crippen LogP contribution in [0, 0.1) is 0 Å². The molecule has 0 saturated carbocycles. The average Bonchev–Trinajstić information content (AvgIpc) is 2.42. The van der Waals surface area contributed by atoms with Gasteiger partial charge in [0.15, 0.2) is 0 Å². The normalized spacial score (nSPS) is 24.2. The molecule has 2 unspecified atom stereocenters. The van der Waals surface area contributed by atoms with Gasteiger partial charge < -0.3 is 9.47 Å². The fraction of sp³-hybridized carbons (Fsp3) is 0.533. The Hall–Kier alpha value is -1.39. The van der Waals surface area contributed by atoms with E-state index in [4.69, 9.17) is 9.47 Å². The van der Waals surface area contributed by atoms with Gasteiger partial charge in [-0.3, -0.25) is 4.90 Å². The summed E-state index contributed by atoms with van der Waals surface area (Å²) in [4.78, 5) is 14.1. The van der Waals surface area contributed by atoms with Gasteiger partial charge in [-0.05, 0) is 25.5 Å². The number of ether oxygens (including phenoxy) is 2. The number of carbonyl (C=O) groups excluding carboxylic acids is 1. The van der Waals surface area contributed by atoms with Gasteiger partial charge in [0, 0.05) is 19.1 Å². The van der Waals surface area contributed by atoms with Crippen LogP contribution in [0.4, 0.5) is 0 Å². The molecule has 1 heterocycles. The zero-order valence-corrected chi connectivity index (χ0v) is 11.8. The van der Waals surface area contributed by atoms with Crippen molar-refractivity contribution in [1.82, 2.24) is 4.90 Å². The zero-order chi connectivity index (χ0) is 13.8. The number of benzene rings is 1. The van der Waals surface area contributed by atoms with Crippen LogP contribution < -0.4 is 0 Å². The van der Waals surface area contributed by atoms with E-state index in [0.717, 1.165) is 25.3 Å². The number of morpholine rings is 1. The summed E-state index contributed by atoms with van der Waals surface area (Å²) in [7, 11) is 1.42. The van der Waals surface area contributed by atoms with Crippen LogP contribution in [-0.4, -0.2) is 43.3 Å². The third-order valence-electron chi connectivity index (χ3n) is 3.53. The van der Waals surface area contributed by atoms with Gasteiger partial charge in [-0.2, -0.15) is 0 Å². The number of hydrogen-bond acceptors (Lipinski definition) is 4. The van der Waals surface area contributed by atoms with E-state index in [0.29, 0.717) is 11.6 Å². The van der Waals surface area contributed by atoms with Crippen molar-refractivity contribution in [3.8, 4) is 0 Å². The van der Waals surface area contributed by atoms with Gasteiger partial charge in [0.2, 0.25) is 0 Å². The quantitative estimate of drug-likeness (QED) is 0.783. The van der Waals surface area contributed by atoms with Crippen LogP contribution in [0.5, 0.6) is 0 Å². The standard InChI is InChI=1S/C15H21NO3/c1-11-10-19-12(2)8-16(11)9-13-6-4-5-7-14(13)15(17)18-3/h4-7,11-12H,8-10H2,1-3H3. The van der Waals surface area contributed by atoms with Gasteiger partial charge in [-0.15, -0.1) is 0 Å². The van der Waals surface area contributed by atoms with Gasteiger partial charge in [-0.1, -0.05) is 18.2 Å². The van der Waals surface area contributed by atoms with Crippen LogP contribution in [0.3, 0.4) is 0 Å². The lowest BCUT2D eigenvalue weighted by atomic mass is 10.1. The molecule has 19 heavy (non-hydrogen) atoms. The van der Waals surface area contributed by atoms with Crippen molar-refractivity contribution in [1.29, 1.82) is 0 Å². The Balaban J connectivity index is 2.16. The third kappa shape index (κ3) is 3.33. The van der Waals surface area contributed by atoms with Crippen molar-refractivity contribution in [2.45, 2.75) is 32.5 Å². The molecule has 1 aliphatic heterocycles. The number of carbonyl (C=O) groups is 1. The van der Waals surface area contributed by atoms with Gasteiger partial charge in [0.05, 0.1) is 25.4 Å². The summed E-state index contributed by atoms with van der Waals surface area (Å²) in [5.41, 5.74) is 1.66. The highest BCUT2D eigenvalue weighted by Crippen LogP contribution is 2.18. The summed E-state index contributed by atoms with van der Waals surface area (Å²) < 4.78 is 10.5. The van der Waals surface area contributed by atoms with Crippen molar-refractivity contribution < 1.29 is 14.3 Å². The lowest BCUT2D eigenvalue weighted by molar-refractivity contribution is -0.0527. The maximum Gasteiger partial charge on any atom is 0.338 e. The molecule has 0 spiro atoms. The van der Waals surface area contributed by atoms with E-state index in [2.05, 4.69) is 18.7 Å². The first-order chi connectivity index (χ1) is 9.11. The minimum absolute atomic E-state index is 0.237. The van der Waals surface area contributed by atoms with Crippen LogP contribution in [0.2, 0.25) is 0 Å².